The van der Waals surface area contributed by atoms with Gasteiger partial charge in [-0.2, -0.15) is 0 Å². The van der Waals surface area contributed by atoms with E-state index in [1.54, 1.807) is 24.3 Å². The lowest BCUT2D eigenvalue weighted by atomic mass is 10.0. The van der Waals surface area contributed by atoms with Crippen molar-refractivity contribution in [3.8, 4) is 0 Å². The second-order valence-corrected chi connectivity index (χ2v) is 8.67. The molecule has 3 aromatic carbocycles. The van der Waals surface area contributed by atoms with Gasteiger partial charge in [0.15, 0.2) is 0 Å². The van der Waals surface area contributed by atoms with Gasteiger partial charge in [-0.15, -0.1) is 0 Å². The fourth-order valence-electron chi connectivity index (χ4n) is 3.40. The summed E-state index contributed by atoms with van der Waals surface area (Å²) in [7, 11) is 0. The van der Waals surface area contributed by atoms with Crippen LogP contribution in [0.2, 0.25) is 5.02 Å². The highest BCUT2D eigenvalue weighted by Gasteiger charge is 2.36. The molecule has 7 heteroatoms. The van der Waals surface area contributed by atoms with Gasteiger partial charge in [0.05, 0.1) is 5.69 Å². The molecule has 0 spiro atoms. The number of nitrogens with zero attached hydrogens (tertiary/aromatic N) is 1. The van der Waals surface area contributed by atoms with Gasteiger partial charge >= 0.3 is 6.03 Å². The first kappa shape index (κ1) is 22.0. The molecule has 1 aliphatic heterocycles. The summed E-state index contributed by atoms with van der Waals surface area (Å²) in [5.41, 5.74) is 3.93. The molecule has 0 saturated carbocycles. The number of aryl methyl sites for hydroxylation is 1. The van der Waals surface area contributed by atoms with Gasteiger partial charge in [-0.1, -0.05) is 75.6 Å². The first-order chi connectivity index (χ1) is 15.3. The number of amides is 4. The number of nitrogens with one attached hydrogen (secondary N) is 1. The molecule has 3 aromatic rings. The van der Waals surface area contributed by atoms with Crippen LogP contribution in [0.4, 0.5) is 10.5 Å². The molecular weight excluding hydrogens is 492 g/mol. The summed E-state index contributed by atoms with van der Waals surface area (Å²) in [6.45, 7) is 1.91. The van der Waals surface area contributed by atoms with E-state index in [0.29, 0.717) is 22.7 Å². The van der Waals surface area contributed by atoms with Crippen LogP contribution < -0.4 is 10.2 Å². The topological polar surface area (TPSA) is 66.5 Å². The largest absolute Gasteiger partial charge is 0.335 e. The number of rotatable bonds is 4. The van der Waals surface area contributed by atoms with Crippen molar-refractivity contribution in [3.63, 3.8) is 0 Å². The molecule has 1 fully saturated rings. The van der Waals surface area contributed by atoms with Crippen LogP contribution in [0.1, 0.15) is 22.3 Å². The minimum Gasteiger partial charge on any atom is -0.273 e. The number of imide groups is 2. The second kappa shape index (κ2) is 9.10. The lowest BCUT2D eigenvalue weighted by molar-refractivity contribution is -0.122. The maximum atomic E-state index is 13.0. The number of hydrogen-bond donors (Lipinski definition) is 1. The van der Waals surface area contributed by atoms with Gasteiger partial charge in [0, 0.05) is 15.9 Å². The summed E-state index contributed by atoms with van der Waals surface area (Å²) >= 11 is 9.83. The molecule has 1 N–H and O–H groups in total. The van der Waals surface area contributed by atoms with Gasteiger partial charge in [0.25, 0.3) is 11.8 Å². The van der Waals surface area contributed by atoms with E-state index in [2.05, 4.69) is 21.2 Å². The van der Waals surface area contributed by atoms with Crippen molar-refractivity contribution in [1.82, 2.24) is 5.32 Å². The molecule has 0 bridgehead atoms. The maximum Gasteiger partial charge on any atom is 0.335 e. The molecule has 1 saturated heterocycles. The van der Waals surface area contributed by atoms with Crippen LogP contribution in [0.3, 0.4) is 0 Å². The average Bonchev–Trinajstić information content (AvgIpc) is 2.75. The van der Waals surface area contributed by atoms with Gasteiger partial charge in [0.1, 0.15) is 5.57 Å². The Labute approximate surface area is 198 Å². The number of carbonyl (C=O) groups excluding carboxylic acids is 3. The smallest absolute Gasteiger partial charge is 0.273 e. The molecule has 0 aliphatic carbocycles. The normalized spacial score (nSPS) is 15.3. The van der Waals surface area contributed by atoms with Gasteiger partial charge in [-0.3, -0.25) is 14.9 Å². The fourth-order valence-corrected chi connectivity index (χ4v) is 4.14. The molecule has 4 rings (SSSR count). The first-order valence-electron chi connectivity index (χ1n) is 9.83. The zero-order chi connectivity index (χ0) is 22.8. The Morgan fingerprint density at radius 2 is 1.69 bits per heavy atom. The Bertz CT molecular complexity index is 1270. The summed E-state index contributed by atoms with van der Waals surface area (Å²) in [6.07, 6.45) is 2.11. The Balaban J connectivity index is 1.63. The third-order valence-electron chi connectivity index (χ3n) is 5.12. The number of hydrogen-bond acceptors (Lipinski definition) is 3. The van der Waals surface area contributed by atoms with E-state index in [4.69, 9.17) is 11.6 Å². The minimum absolute atomic E-state index is 0.115. The zero-order valence-electron chi connectivity index (χ0n) is 17.1. The summed E-state index contributed by atoms with van der Waals surface area (Å²) in [5, 5.41) is 2.93. The van der Waals surface area contributed by atoms with Gasteiger partial charge in [-0.25, -0.2) is 9.69 Å². The predicted octanol–water partition coefficient (Wildman–Crippen LogP) is 5.67. The van der Waals surface area contributed by atoms with Gasteiger partial charge in [-0.05, 0) is 54.0 Å². The van der Waals surface area contributed by atoms with Crippen LogP contribution in [0.5, 0.6) is 0 Å². The molecule has 0 unspecified atom stereocenters. The van der Waals surface area contributed by atoms with E-state index in [1.807, 2.05) is 49.4 Å². The van der Waals surface area contributed by atoms with Crippen molar-refractivity contribution >= 4 is 57.1 Å². The Morgan fingerprint density at radius 1 is 0.969 bits per heavy atom. The number of anilines is 1. The third kappa shape index (κ3) is 4.52. The quantitative estimate of drug-likeness (QED) is 0.364. The van der Waals surface area contributed by atoms with E-state index in [0.717, 1.165) is 26.1 Å². The fraction of sp³-hybridized carbons (Fsp3) is 0.0800. The number of halogens is 2. The van der Waals surface area contributed by atoms with Crippen LogP contribution in [-0.4, -0.2) is 17.8 Å². The van der Waals surface area contributed by atoms with Crippen molar-refractivity contribution in [3.05, 3.63) is 104 Å². The van der Waals surface area contributed by atoms with Crippen LogP contribution in [0.25, 0.3) is 6.08 Å². The molecule has 0 atom stereocenters. The standard InChI is InChI=1S/C25H18BrClN2O3/c1-15-6-10-19(11-7-15)29-24(31)20(23(30)28-25(29)32)12-16-8-9-17(21(26)13-16)14-18-4-2-3-5-22(18)27/h2-13H,14H2,1H3,(H,28,30,32)/b20-12+. The molecule has 1 heterocycles. The van der Waals surface area contributed by atoms with Crippen LogP contribution in [0, 0.1) is 6.92 Å². The molecule has 32 heavy (non-hydrogen) atoms. The minimum atomic E-state index is -0.766. The number of barbiturate groups is 1. The van der Waals surface area contributed by atoms with Crippen molar-refractivity contribution in [2.75, 3.05) is 4.90 Å². The van der Waals surface area contributed by atoms with Crippen LogP contribution in [-0.2, 0) is 16.0 Å². The predicted molar refractivity (Wildman–Crippen MR) is 129 cm³/mol. The molecular formula is C25H18BrClN2O3. The van der Waals surface area contributed by atoms with Crippen molar-refractivity contribution < 1.29 is 14.4 Å². The zero-order valence-corrected chi connectivity index (χ0v) is 19.4. The van der Waals surface area contributed by atoms with Crippen molar-refractivity contribution in [1.29, 1.82) is 0 Å². The van der Waals surface area contributed by atoms with Gasteiger partial charge < -0.3 is 0 Å². The number of urea groups is 1. The summed E-state index contributed by atoms with van der Waals surface area (Å²) < 4.78 is 0.821. The van der Waals surface area contributed by atoms with Crippen molar-refractivity contribution in [2.24, 2.45) is 0 Å². The molecule has 4 amide bonds. The molecule has 1 aliphatic rings. The Morgan fingerprint density at radius 3 is 2.38 bits per heavy atom. The van der Waals surface area contributed by atoms with Crippen LogP contribution >= 0.6 is 27.5 Å². The lowest BCUT2D eigenvalue weighted by Crippen LogP contribution is -2.54. The van der Waals surface area contributed by atoms with Gasteiger partial charge in [0.2, 0.25) is 0 Å². The van der Waals surface area contributed by atoms with E-state index < -0.39 is 17.8 Å². The molecule has 5 nitrogen and oxygen atoms in total. The Kier molecular flexibility index (Phi) is 6.26. The lowest BCUT2D eigenvalue weighted by Gasteiger charge is -2.26. The average molecular weight is 510 g/mol. The molecule has 0 radical (unpaired) electrons. The number of carbonyl (C=O) groups is 3. The first-order valence-corrected chi connectivity index (χ1v) is 11.0. The second-order valence-electron chi connectivity index (χ2n) is 7.41. The molecule has 0 aromatic heterocycles. The summed E-state index contributed by atoms with van der Waals surface area (Å²) in [5.74, 6) is -1.39. The Hall–Kier alpha value is -3.22. The summed E-state index contributed by atoms with van der Waals surface area (Å²) in [4.78, 5) is 38.7. The third-order valence-corrected chi connectivity index (χ3v) is 6.23. The van der Waals surface area contributed by atoms with Crippen LogP contribution in [0.15, 0.2) is 76.8 Å². The van der Waals surface area contributed by atoms with E-state index in [-0.39, 0.29) is 5.57 Å². The van der Waals surface area contributed by atoms with E-state index in [1.165, 1.54) is 6.08 Å². The number of benzene rings is 3. The highest BCUT2D eigenvalue weighted by Crippen LogP contribution is 2.27. The van der Waals surface area contributed by atoms with E-state index >= 15 is 0 Å². The highest BCUT2D eigenvalue weighted by atomic mass is 79.9. The maximum absolute atomic E-state index is 13.0. The monoisotopic (exact) mass is 508 g/mol. The van der Waals surface area contributed by atoms with Crippen molar-refractivity contribution in [2.45, 2.75) is 13.3 Å². The summed E-state index contributed by atoms with van der Waals surface area (Å²) in [6, 6.07) is 19.3. The SMILES string of the molecule is Cc1ccc(N2C(=O)NC(=O)/C(=C\c3ccc(Cc4ccccc4Cl)c(Br)c3)C2=O)cc1. The molecule has 160 valence electrons. The van der Waals surface area contributed by atoms with E-state index in [9.17, 15) is 14.4 Å². The highest BCUT2D eigenvalue weighted by molar-refractivity contribution is 9.10.